The molecular weight excluding hydrogens is 488 g/mol. The van der Waals surface area contributed by atoms with Crippen LogP contribution in [-0.4, -0.2) is 47.3 Å². The number of hydrogen-bond donors (Lipinski definition) is 1. The predicted octanol–water partition coefficient (Wildman–Crippen LogP) is 5.16. The Balaban J connectivity index is 1.71. The number of rotatable bonds is 7. The number of fused-ring (bicyclic) bond motifs is 5. The zero-order chi connectivity index (χ0) is 28.0. The van der Waals surface area contributed by atoms with Gasteiger partial charge in [-0.15, -0.1) is 0 Å². The second-order valence-electron chi connectivity index (χ2n) is 13.2. The second kappa shape index (κ2) is 10.8. The van der Waals surface area contributed by atoms with Crippen molar-refractivity contribution in [2.75, 3.05) is 0 Å². The number of carboxylic acid groups (broad SMARTS) is 1. The van der Waals surface area contributed by atoms with Gasteiger partial charge in [-0.3, -0.25) is 19.2 Å². The normalized spacial score (nSPS) is 42.6. The lowest BCUT2D eigenvalue weighted by Gasteiger charge is -2.64. The summed E-state index contributed by atoms with van der Waals surface area (Å²) in [5.41, 5.74) is -0.355. The van der Waals surface area contributed by atoms with E-state index in [1.807, 2.05) is 0 Å². The molecule has 11 atom stereocenters. The molecule has 4 aliphatic rings. The van der Waals surface area contributed by atoms with Gasteiger partial charge in [0, 0.05) is 38.5 Å². The summed E-state index contributed by atoms with van der Waals surface area (Å²) in [6.45, 7) is 11.1. The first-order valence-corrected chi connectivity index (χ1v) is 14.5. The highest BCUT2D eigenvalue weighted by atomic mass is 16.6. The van der Waals surface area contributed by atoms with Gasteiger partial charge in [0.15, 0.2) is 0 Å². The molecule has 0 aromatic carbocycles. The van der Waals surface area contributed by atoms with Gasteiger partial charge in [-0.05, 0) is 86.4 Å². The lowest BCUT2D eigenvalue weighted by Crippen LogP contribution is -2.63. The van der Waals surface area contributed by atoms with Crippen molar-refractivity contribution < 1.29 is 38.5 Å². The van der Waals surface area contributed by atoms with Gasteiger partial charge in [0.05, 0.1) is 0 Å². The fourth-order valence-corrected chi connectivity index (χ4v) is 9.67. The van der Waals surface area contributed by atoms with Gasteiger partial charge >= 0.3 is 23.9 Å². The maximum atomic E-state index is 12.4. The number of aliphatic carboxylic acids is 1. The highest BCUT2D eigenvalue weighted by molar-refractivity contribution is 5.67. The standard InChI is InChI=1S/C30H46O8/c1-16(7-10-27(34)35)22-8-9-23-28-24(15-26(30(22,23)6)38-19(4)33)29(5)12-11-21(36-17(2)31)13-20(29)14-25(28)37-18(3)32/h16,20-26,28H,7-15H2,1-6H3,(H,34,35)/t16-,20-,21-,22+,23+,24+,25-,26+,28+,29+,30-/m1/s1. The lowest BCUT2D eigenvalue weighted by atomic mass is 9.43. The minimum Gasteiger partial charge on any atom is -0.481 e. The molecule has 4 rings (SSSR count). The van der Waals surface area contributed by atoms with Crippen LogP contribution in [0, 0.1) is 46.3 Å². The lowest BCUT2D eigenvalue weighted by molar-refractivity contribution is -0.224. The largest absolute Gasteiger partial charge is 0.481 e. The third kappa shape index (κ3) is 5.21. The quantitative estimate of drug-likeness (QED) is 0.352. The van der Waals surface area contributed by atoms with Crippen molar-refractivity contribution in [1.29, 1.82) is 0 Å². The molecule has 0 heterocycles. The Morgan fingerprint density at radius 2 is 1.53 bits per heavy atom. The SMILES string of the molecule is CC(=O)O[C@@H]1CC[C@@]2(C)[C@H](C1)C[C@@H](OC(C)=O)[C@@H]1[C@@H]2C[C@H](OC(C)=O)[C@@]2(C)[C@H]1CC[C@H]2[C@H](C)CCC(=O)O. The summed E-state index contributed by atoms with van der Waals surface area (Å²) in [5, 5.41) is 9.31. The third-order valence-corrected chi connectivity index (χ3v) is 11.2. The molecule has 0 bridgehead atoms. The average Bonchev–Trinajstić information content (AvgIpc) is 3.16. The molecule has 0 amide bonds. The van der Waals surface area contributed by atoms with Crippen molar-refractivity contribution >= 4 is 23.9 Å². The van der Waals surface area contributed by atoms with Crippen LogP contribution < -0.4 is 0 Å². The molecule has 1 N–H and O–H groups in total. The van der Waals surface area contributed by atoms with E-state index in [-0.39, 0.29) is 89.0 Å². The van der Waals surface area contributed by atoms with Crippen LogP contribution >= 0.6 is 0 Å². The monoisotopic (exact) mass is 534 g/mol. The van der Waals surface area contributed by atoms with Crippen LogP contribution in [0.5, 0.6) is 0 Å². The van der Waals surface area contributed by atoms with Crippen LogP contribution in [0.2, 0.25) is 0 Å². The molecule has 0 aromatic heterocycles. The van der Waals surface area contributed by atoms with Crippen molar-refractivity contribution in [2.45, 2.75) is 118 Å². The summed E-state index contributed by atoms with van der Waals surface area (Å²) in [7, 11) is 0. The van der Waals surface area contributed by atoms with Crippen LogP contribution in [0.1, 0.15) is 99.3 Å². The summed E-state index contributed by atoms with van der Waals surface area (Å²) in [4.78, 5) is 47.7. The van der Waals surface area contributed by atoms with Crippen molar-refractivity contribution in [3.63, 3.8) is 0 Å². The molecule has 214 valence electrons. The Hall–Kier alpha value is -2.12. The molecule has 0 aromatic rings. The zero-order valence-corrected chi connectivity index (χ0v) is 23.9. The molecule has 4 fully saturated rings. The summed E-state index contributed by atoms with van der Waals surface area (Å²) < 4.78 is 17.8. The molecule has 4 aliphatic carbocycles. The molecular formula is C30H46O8. The number of carboxylic acids is 1. The summed E-state index contributed by atoms with van der Waals surface area (Å²) in [5.74, 6) is -0.421. The van der Waals surface area contributed by atoms with E-state index in [1.54, 1.807) is 0 Å². The molecule has 0 aliphatic heterocycles. The first kappa shape index (κ1) is 28.9. The fraction of sp³-hybridized carbons (Fsp3) is 0.867. The molecule has 4 saturated carbocycles. The Kier molecular flexibility index (Phi) is 8.21. The Bertz CT molecular complexity index is 947. The van der Waals surface area contributed by atoms with E-state index in [1.165, 1.54) is 20.8 Å². The van der Waals surface area contributed by atoms with Crippen molar-refractivity contribution in [2.24, 2.45) is 46.3 Å². The first-order chi connectivity index (χ1) is 17.8. The van der Waals surface area contributed by atoms with Gasteiger partial charge in [-0.2, -0.15) is 0 Å². The maximum Gasteiger partial charge on any atom is 0.303 e. The third-order valence-electron chi connectivity index (χ3n) is 11.2. The van der Waals surface area contributed by atoms with E-state index in [0.29, 0.717) is 12.8 Å². The highest BCUT2D eigenvalue weighted by Gasteiger charge is 2.67. The summed E-state index contributed by atoms with van der Waals surface area (Å²) in [6.07, 6.45) is 5.93. The topological polar surface area (TPSA) is 116 Å². The molecule has 0 saturated heterocycles. The minimum absolute atomic E-state index is 0.0370. The number of ether oxygens (including phenoxy) is 3. The highest BCUT2D eigenvalue weighted by Crippen LogP contribution is 2.69. The fourth-order valence-electron chi connectivity index (χ4n) is 9.67. The zero-order valence-electron chi connectivity index (χ0n) is 23.9. The number of hydrogen-bond acceptors (Lipinski definition) is 7. The van der Waals surface area contributed by atoms with E-state index in [4.69, 9.17) is 14.2 Å². The van der Waals surface area contributed by atoms with Gasteiger partial charge in [0.2, 0.25) is 0 Å². The Morgan fingerprint density at radius 3 is 2.13 bits per heavy atom. The first-order valence-electron chi connectivity index (χ1n) is 14.5. The molecule has 0 spiro atoms. The van der Waals surface area contributed by atoms with Crippen LogP contribution in [0.4, 0.5) is 0 Å². The van der Waals surface area contributed by atoms with Crippen LogP contribution in [0.25, 0.3) is 0 Å². The van der Waals surface area contributed by atoms with Crippen LogP contribution in [0.15, 0.2) is 0 Å². The Morgan fingerprint density at radius 1 is 0.868 bits per heavy atom. The molecule has 0 radical (unpaired) electrons. The van der Waals surface area contributed by atoms with Gasteiger partial charge in [-0.25, -0.2) is 0 Å². The van der Waals surface area contributed by atoms with Crippen LogP contribution in [-0.2, 0) is 33.4 Å². The second-order valence-corrected chi connectivity index (χ2v) is 13.2. The number of carbonyl (C=O) groups is 4. The summed E-state index contributed by atoms with van der Waals surface area (Å²) in [6, 6.07) is 0. The van der Waals surface area contributed by atoms with Gasteiger partial charge < -0.3 is 19.3 Å². The molecule has 0 unspecified atom stereocenters. The average molecular weight is 535 g/mol. The molecule has 8 nitrogen and oxygen atoms in total. The Labute approximate surface area is 226 Å². The van der Waals surface area contributed by atoms with Crippen LogP contribution in [0.3, 0.4) is 0 Å². The van der Waals surface area contributed by atoms with Gasteiger partial charge in [0.25, 0.3) is 0 Å². The van der Waals surface area contributed by atoms with Crippen molar-refractivity contribution in [3.8, 4) is 0 Å². The molecule has 38 heavy (non-hydrogen) atoms. The van der Waals surface area contributed by atoms with E-state index in [9.17, 15) is 24.3 Å². The minimum atomic E-state index is -0.790. The van der Waals surface area contributed by atoms with Gasteiger partial charge in [0.1, 0.15) is 18.3 Å². The summed E-state index contributed by atoms with van der Waals surface area (Å²) >= 11 is 0. The van der Waals surface area contributed by atoms with Crippen molar-refractivity contribution in [3.05, 3.63) is 0 Å². The van der Waals surface area contributed by atoms with E-state index >= 15 is 0 Å². The van der Waals surface area contributed by atoms with E-state index < -0.39 is 5.97 Å². The number of carbonyl (C=O) groups excluding carboxylic acids is 3. The number of esters is 3. The van der Waals surface area contributed by atoms with E-state index in [0.717, 1.165) is 38.5 Å². The molecule has 8 heteroatoms. The van der Waals surface area contributed by atoms with Gasteiger partial charge in [-0.1, -0.05) is 20.8 Å². The van der Waals surface area contributed by atoms with E-state index in [2.05, 4.69) is 20.8 Å². The van der Waals surface area contributed by atoms with Crippen molar-refractivity contribution in [1.82, 2.24) is 0 Å². The predicted molar refractivity (Wildman–Crippen MR) is 139 cm³/mol. The maximum absolute atomic E-state index is 12.4. The smallest absolute Gasteiger partial charge is 0.303 e.